The average molecular weight is 480 g/mol. The second kappa shape index (κ2) is 11.4. The number of aromatic nitrogens is 1. The molecule has 0 bridgehead atoms. The summed E-state index contributed by atoms with van der Waals surface area (Å²) in [6.45, 7) is 9.00. The number of nitrogens with zero attached hydrogens (tertiary/aromatic N) is 3. The Labute approximate surface area is 207 Å². The lowest BCUT2D eigenvalue weighted by atomic mass is 10.1. The molecule has 3 aromatic rings. The molecule has 7 heteroatoms. The molecule has 34 heavy (non-hydrogen) atoms. The van der Waals surface area contributed by atoms with Crippen molar-refractivity contribution < 1.29 is 4.74 Å². The molecule has 3 heterocycles. The van der Waals surface area contributed by atoms with Gasteiger partial charge in [0.2, 0.25) is 0 Å². The van der Waals surface area contributed by atoms with Crippen molar-refractivity contribution in [3.05, 3.63) is 59.2 Å². The van der Waals surface area contributed by atoms with E-state index in [0.29, 0.717) is 5.02 Å². The number of hydrogen-bond acceptors (Lipinski definition) is 6. The zero-order chi connectivity index (χ0) is 23.2. The Morgan fingerprint density at radius 3 is 2.56 bits per heavy atom. The van der Waals surface area contributed by atoms with Crippen LogP contribution in [0.1, 0.15) is 24.8 Å². The van der Waals surface area contributed by atoms with Gasteiger partial charge in [-0.25, -0.2) is 0 Å². The van der Waals surface area contributed by atoms with Crippen molar-refractivity contribution >= 4 is 39.6 Å². The third-order valence-corrected chi connectivity index (χ3v) is 6.93. The maximum absolute atomic E-state index is 6.18. The normalized spacial score (nSPS) is 17.7. The SMILES string of the molecule is Clc1ccc2c(Nc3cc(CN4CCOCC4)cc(NCCN4CCCCC4)c3)ccnc2c1. The molecule has 1 aromatic heterocycles. The zero-order valence-corrected chi connectivity index (χ0v) is 20.5. The summed E-state index contributed by atoms with van der Waals surface area (Å²) in [5.41, 5.74) is 5.46. The first kappa shape index (κ1) is 23.4. The van der Waals surface area contributed by atoms with E-state index >= 15 is 0 Å². The number of likely N-dealkylation sites (tertiary alicyclic amines) is 1. The topological polar surface area (TPSA) is 52.7 Å². The molecule has 6 nitrogen and oxygen atoms in total. The molecule has 2 saturated heterocycles. The first-order chi connectivity index (χ1) is 16.7. The number of benzene rings is 2. The van der Waals surface area contributed by atoms with E-state index in [0.717, 1.165) is 73.9 Å². The quantitative estimate of drug-likeness (QED) is 0.453. The molecule has 0 atom stereocenters. The van der Waals surface area contributed by atoms with Crippen LogP contribution in [0, 0.1) is 0 Å². The second-order valence-corrected chi connectivity index (χ2v) is 9.72. The Hall–Kier alpha value is -2.38. The largest absolute Gasteiger partial charge is 0.384 e. The number of fused-ring (bicyclic) bond motifs is 1. The van der Waals surface area contributed by atoms with Crippen LogP contribution in [0.5, 0.6) is 0 Å². The predicted molar refractivity (Wildman–Crippen MR) is 141 cm³/mol. The van der Waals surface area contributed by atoms with Gasteiger partial charge < -0.3 is 20.3 Å². The minimum atomic E-state index is 0.699. The van der Waals surface area contributed by atoms with Gasteiger partial charge in [-0.1, -0.05) is 18.0 Å². The number of anilines is 3. The number of pyridine rings is 1. The van der Waals surface area contributed by atoms with Gasteiger partial charge in [-0.05, 0) is 74.0 Å². The molecule has 0 radical (unpaired) electrons. The Bertz CT molecular complexity index is 1100. The molecule has 2 aromatic carbocycles. The summed E-state index contributed by atoms with van der Waals surface area (Å²) < 4.78 is 5.54. The predicted octanol–water partition coefficient (Wildman–Crippen LogP) is 5.36. The van der Waals surface area contributed by atoms with Gasteiger partial charge in [0.1, 0.15) is 0 Å². The summed E-state index contributed by atoms with van der Waals surface area (Å²) in [4.78, 5) is 9.51. The van der Waals surface area contributed by atoms with Gasteiger partial charge in [0.15, 0.2) is 0 Å². The van der Waals surface area contributed by atoms with Gasteiger partial charge in [0.05, 0.1) is 18.7 Å². The van der Waals surface area contributed by atoms with Crippen LogP contribution in [0.2, 0.25) is 5.02 Å². The molecule has 2 aliphatic heterocycles. The lowest BCUT2D eigenvalue weighted by Crippen LogP contribution is -2.35. The van der Waals surface area contributed by atoms with Crippen LogP contribution >= 0.6 is 11.6 Å². The fraction of sp³-hybridized carbons (Fsp3) is 0.444. The Morgan fingerprint density at radius 1 is 0.882 bits per heavy atom. The van der Waals surface area contributed by atoms with Gasteiger partial charge in [0, 0.05) is 66.4 Å². The van der Waals surface area contributed by atoms with Crippen LogP contribution in [0.3, 0.4) is 0 Å². The lowest BCUT2D eigenvalue weighted by Gasteiger charge is -2.27. The average Bonchev–Trinajstić information content (AvgIpc) is 2.85. The molecule has 5 rings (SSSR count). The summed E-state index contributed by atoms with van der Waals surface area (Å²) in [6.07, 6.45) is 5.86. The van der Waals surface area contributed by atoms with E-state index in [1.54, 1.807) is 0 Å². The highest BCUT2D eigenvalue weighted by molar-refractivity contribution is 6.31. The minimum absolute atomic E-state index is 0.699. The number of ether oxygens (including phenoxy) is 1. The number of nitrogens with one attached hydrogen (secondary N) is 2. The van der Waals surface area contributed by atoms with Gasteiger partial charge in [-0.3, -0.25) is 9.88 Å². The number of morpholine rings is 1. The van der Waals surface area contributed by atoms with E-state index in [4.69, 9.17) is 16.3 Å². The molecule has 0 unspecified atom stereocenters. The fourth-order valence-electron chi connectivity index (χ4n) is 4.90. The van der Waals surface area contributed by atoms with Crippen LogP contribution in [-0.2, 0) is 11.3 Å². The van der Waals surface area contributed by atoms with Crippen LogP contribution in [-0.4, -0.2) is 67.3 Å². The number of piperidine rings is 1. The van der Waals surface area contributed by atoms with Gasteiger partial charge in [-0.15, -0.1) is 0 Å². The summed E-state index contributed by atoms with van der Waals surface area (Å²) >= 11 is 6.18. The summed E-state index contributed by atoms with van der Waals surface area (Å²) in [5, 5.41) is 9.09. The van der Waals surface area contributed by atoms with E-state index in [9.17, 15) is 0 Å². The van der Waals surface area contributed by atoms with Crippen molar-refractivity contribution in [2.75, 3.05) is 63.1 Å². The Morgan fingerprint density at radius 2 is 1.71 bits per heavy atom. The molecule has 0 amide bonds. The first-order valence-corrected chi connectivity index (χ1v) is 12.8. The molecule has 0 aliphatic carbocycles. The highest BCUT2D eigenvalue weighted by atomic mass is 35.5. The Balaban J connectivity index is 1.35. The molecule has 0 spiro atoms. The van der Waals surface area contributed by atoms with Gasteiger partial charge in [-0.2, -0.15) is 0 Å². The smallest absolute Gasteiger partial charge is 0.0737 e. The number of rotatable bonds is 8. The maximum Gasteiger partial charge on any atom is 0.0737 e. The molecule has 2 N–H and O–H groups in total. The molecule has 2 aliphatic rings. The van der Waals surface area contributed by atoms with Crippen LogP contribution < -0.4 is 10.6 Å². The summed E-state index contributed by atoms with van der Waals surface area (Å²) in [6, 6.07) is 14.6. The molecule has 180 valence electrons. The van der Waals surface area contributed by atoms with Crippen molar-refractivity contribution in [3.8, 4) is 0 Å². The van der Waals surface area contributed by atoms with E-state index in [2.05, 4.69) is 43.6 Å². The van der Waals surface area contributed by atoms with E-state index < -0.39 is 0 Å². The Kier molecular flexibility index (Phi) is 7.81. The van der Waals surface area contributed by atoms with Crippen molar-refractivity contribution in [1.82, 2.24) is 14.8 Å². The van der Waals surface area contributed by atoms with E-state index in [-0.39, 0.29) is 0 Å². The van der Waals surface area contributed by atoms with Gasteiger partial charge in [0.25, 0.3) is 0 Å². The third-order valence-electron chi connectivity index (χ3n) is 6.69. The number of hydrogen-bond donors (Lipinski definition) is 2. The van der Waals surface area contributed by atoms with Crippen molar-refractivity contribution in [1.29, 1.82) is 0 Å². The third kappa shape index (κ3) is 6.19. The summed E-state index contributed by atoms with van der Waals surface area (Å²) in [7, 11) is 0. The zero-order valence-electron chi connectivity index (χ0n) is 19.7. The number of halogens is 1. The highest BCUT2D eigenvalue weighted by Crippen LogP contribution is 2.29. The molecule has 2 fully saturated rings. The van der Waals surface area contributed by atoms with Crippen LogP contribution in [0.15, 0.2) is 48.7 Å². The van der Waals surface area contributed by atoms with Gasteiger partial charge >= 0.3 is 0 Å². The molecular weight excluding hydrogens is 446 g/mol. The fourth-order valence-corrected chi connectivity index (χ4v) is 5.07. The van der Waals surface area contributed by atoms with Crippen LogP contribution in [0.4, 0.5) is 17.1 Å². The molecular formula is C27H34ClN5O. The minimum Gasteiger partial charge on any atom is -0.384 e. The lowest BCUT2D eigenvalue weighted by molar-refractivity contribution is 0.0342. The standard InChI is InChI=1S/C27H34ClN5O/c28-22-4-5-25-26(6-7-30-27(25)18-22)31-24-17-21(20-33-12-14-34-15-13-33)16-23(19-24)29-8-11-32-9-2-1-3-10-32/h4-7,16-19,29H,1-3,8-15,20H2,(H,30,31). The van der Waals surface area contributed by atoms with Crippen LogP contribution in [0.25, 0.3) is 10.9 Å². The molecule has 0 saturated carbocycles. The maximum atomic E-state index is 6.18. The van der Waals surface area contributed by atoms with E-state index in [1.165, 1.54) is 37.9 Å². The summed E-state index contributed by atoms with van der Waals surface area (Å²) in [5.74, 6) is 0. The highest BCUT2D eigenvalue weighted by Gasteiger charge is 2.13. The van der Waals surface area contributed by atoms with E-state index in [1.807, 2.05) is 30.5 Å². The first-order valence-electron chi connectivity index (χ1n) is 12.4. The monoisotopic (exact) mass is 479 g/mol. The van der Waals surface area contributed by atoms with Crippen molar-refractivity contribution in [2.24, 2.45) is 0 Å². The van der Waals surface area contributed by atoms with Crippen molar-refractivity contribution in [3.63, 3.8) is 0 Å². The second-order valence-electron chi connectivity index (χ2n) is 9.28. The van der Waals surface area contributed by atoms with Crippen molar-refractivity contribution in [2.45, 2.75) is 25.8 Å².